The maximum atomic E-state index is 12.6. The second-order valence-electron chi connectivity index (χ2n) is 7.81. The van der Waals surface area contributed by atoms with Crippen molar-refractivity contribution in [2.24, 2.45) is 0 Å². The Morgan fingerprint density at radius 2 is 1.85 bits per heavy atom. The number of piperazine rings is 1. The zero-order valence-corrected chi connectivity index (χ0v) is 16.0. The van der Waals surface area contributed by atoms with Crippen LogP contribution in [-0.2, 0) is 9.59 Å². The van der Waals surface area contributed by atoms with E-state index < -0.39 is 0 Å². The summed E-state index contributed by atoms with van der Waals surface area (Å²) >= 11 is 0. The van der Waals surface area contributed by atoms with Crippen LogP contribution in [0.1, 0.15) is 51.0 Å². The molecule has 0 unspecified atom stereocenters. The summed E-state index contributed by atoms with van der Waals surface area (Å²) < 4.78 is 0. The molecule has 0 aromatic heterocycles. The van der Waals surface area contributed by atoms with Crippen LogP contribution in [0.15, 0.2) is 24.3 Å². The van der Waals surface area contributed by atoms with Gasteiger partial charge in [0.25, 0.3) is 0 Å². The van der Waals surface area contributed by atoms with E-state index in [1.807, 2.05) is 36.1 Å². The molecule has 1 atom stereocenters. The van der Waals surface area contributed by atoms with Crippen molar-refractivity contribution < 1.29 is 9.59 Å². The van der Waals surface area contributed by atoms with E-state index in [2.05, 4.69) is 17.1 Å². The number of anilines is 1. The van der Waals surface area contributed by atoms with Gasteiger partial charge in [-0.2, -0.15) is 0 Å². The molecule has 2 amide bonds. The van der Waals surface area contributed by atoms with Crippen molar-refractivity contribution in [2.45, 2.75) is 64.5 Å². The van der Waals surface area contributed by atoms with Crippen LogP contribution in [-0.4, -0.2) is 48.4 Å². The molecular weight excluding hydrogens is 326 g/mol. The van der Waals surface area contributed by atoms with E-state index in [0.29, 0.717) is 32.1 Å². The van der Waals surface area contributed by atoms with Gasteiger partial charge in [-0.1, -0.05) is 37.0 Å². The zero-order chi connectivity index (χ0) is 18.5. The van der Waals surface area contributed by atoms with E-state index >= 15 is 0 Å². The lowest BCUT2D eigenvalue weighted by molar-refractivity contribution is -0.125. The summed E-state index contributed by atoms with van der Waals surface area (Å²) in [7, 11) is 0. The Morgan fingerprint density at radius 1 is 1.15 bits per heavy atom. The fraction of sp³-hybridized carbons (Fsp3) is 0.619. The molecule has 0 bridgehead atoms. The number of amides is 2. The molecule has 0 spiro atoms. The average molecular weight is 357 g/mol. The monoisotopic (exact) mass is 357 g/mol. The molecule has 5 heteroatoms. The first kappa shape index (κ1) is 18.9. The van der Waals surface area contributed by atoms with Crippen LogP contribution >= 0.6 is 0 Å². The van der Waals surface area contributed by atoms with Crippen LogP contribution in [0.25, 0.3) is 0 Å². The van der Waals surface area contributed by atoms with Gasteiger partial charge < -0.3 is 10.2 Å². The Bertz CT molecular complexity index is 623. The second kappa shape index (κ2) is 8.67. The van der Waals surface area contributed by atoms with Gasteiger partial charge in [0.05, 0.1) is 6.54 Å². The van der Waals surface area contributed by atoms with Gasteiger partial charge >= 0.3 is 0 Å². The number of hydrogen-bond acceptors (Lipinski definition) is 3. The van der Waals surface area contributed by atoms with Crippen molar-refractivity contribution in [1.82, 2.24) is 10.2 Å². The second-order valence-corrected chi connectivity index (χ2v) is 7.81. The highest BCUT2D eigenvalue weighted by molar-refractivity contribution is 5.95. The van der Waals surface area contributed by atoms with E-state index in [9.17, 15) is 9.59 Å². The molecule has 1 aromatic carbocycles. The molecule has 26 heavy (non-hydrogen) atoms. The van der Waals surface area contributed by atoms with Gasteiger partial charge in [0.1, 0.15) is 0 Å². The van der Waals surface area contributed by atoms with Crippen molar-refractivity contribution in [3.8, 4) is 0 Å². The first-order valence-corrected chi connectivity index (χ1v) is 9.93. The number of carbonyl (C=O) groups is 2. The molecule has 5 nitrogen and oxygen atoms in total. The number of benzene rings is 1. The van der Waals surface area contributed by atoms with E-state index in [1.165, 1.54) is 24.8 Å². The lowest BCUT2D eigenvalue weighted by Gasteiger charge is -2.39. The van der Waals surface area contributed by atoms with Crippen LogP contribution in [0, 0.1) is 6.92 Å². The smallest absolute Gasteiger partial charge is 0.241 e. The predicted molar refractivity (Wildman–Crippen MR) is 104 cm³/mol. The molecular formula is C21H31N3O2. The molecule has 1 saturated heterocycles. The third-order valence-corrected chi connectivity index (χ3v) is 5.65. The third kappa shape index (κ3) is 4.85. The summed E-state index contributed by atoms with van der Waals surface area (Å²) in [5.41, 5.74) is 2.15. The van der Waals surface area contributed by atoms with E-state index in [-0.39, 0.29) is 17.9 Å². The summed E-state index contributed by atoms with van der Waals surface area (Å²) in [5.74, 6) is 0.233. The molecule has 3 rings (SSSR count). The highest BCUT2D eigenvalue weighted by atomic mass is 16.2. The summed E-state index contributed by atoms with van der Waals surface area (Å²) in [5, 5.41) is 3.16. The predicted octanol–water partition coefficient (Wildman–Crippen LogP) is 2.87. The molecule has 0 radical (unpaired) electrons. The van der Waals surface area contributed by atoms with Crippen LogP contribution in [0.3, 0.4) is 0 Å². The maximum absolute atomic E-state index is 12.6. The van der Waals surface area contributed by atoms with Crippen LogP contribution in [0.5, 0.6) is 0 Å². The SMILES string of the molecule is Cc1ccc(N2C[C@H](C)N(CCC(=O)NC3CCCCC3)CC2=O)cc1. The summed E-state index contributed by atoms with van der Waals surface area (Å²) in [4.78, 5) is 28.8. The van der Waals surface area contributed by atoms with Crippen molar-refractivity contribution in [1.29, 1.82) is 0 Å². The largest absolute Gasteiger partial charge is 0.353 e. The summed E-state index contributed by atoms with van der Waals surface area (Å²) in [6.07, 6.45) is 6.41. The molecule has 142 valence electrons. The van der Waals surface area contributed by atoms with Crippen molar-refractivity contribution in [2.75, 3.05) is 24.5 Å². The molecule has 1 N–H and O–H groups in total. The molecule has 2 aliphatic rings. The van der Waals surface area contributed by atoms with Gasteiger partial charge in [-0.3, -0.25) is 14.5 Å². The fourth-order valence-electron chi connectivity index (χ4n) is 3.96. The first-order valence-electron chi connectivity index (χ1n) is 9.93. The van der Waals surface area contributed by atoms with E-state index in [0.717, 1.165) is 18.5 Å². The molecule has 1 saturated carbocycles. The van der Waals surface area contributed by atoms with Crippen LogP contribution in [0.4, 0.5) is 5.69 Å². The van der Waals surface area contributed by atoms with E-state index in [1.54, 1.807) is 0 Å². The van der Waals surface area contributed by atoms with Crippen LogP contribution < -0.4 is 10.2 Å². The number of carbonyl (C=O) groups excluding carboxylic acids is 2. The standard InChI is InChI=1S/C21H31N3O2/c1-16-8-10-19(11-9-16)24-14-17(2)23(15-21(24)26)13-12-20(25)22-18-6-4-3-5-7-18/h8-11,17-18H,3-7,12-15H2,1-2H3,(H,22,25)/t17-/m0/s1. The Kier molecular flexibility index (Phi) is 6.30. The van der Waals surface area contributed by atoms with Crippen molar-refractivity contribution >= 4 is 17.5 Å². The lowest BCUT2D eigenvalue weighted by Crippen LogP contribution is -2.55. The molecule has 1 aliphatic carbocycles. The van der Waals surface area contributed by atoms with Gasteiger partial charge in [-0.05, 0) is 38.8 Å². The molecule has 1 heterocycles. The molecule has 1 aliphatic heterocycles. The number of rotatable bonds is 5. The number of nitrogens with one attached hydrogen (secondary N) is 1. The molecule has 1 aromatic rings. The lowest BCUT2D eigenvalue weighted by atomic mass is 9.95. The minimum Gasteiger partial charge on any atom is -0.353 e. The van der Waals surface area contributed by atoms with Crippen LogP contribution in [0.2, 0.25) is 0 Å². The fourth-order valence-corrected chi connectivity index (χ4v) is 3.96. The Labute approximate surface area is 156 Å². The summed E-state index contributed by atoms with van der Waals surface area (Å²) in [6.45, 7) is 5.88. The first-order chi connectivity index (χ1) is 12.5. The Morgan fingerprint density at radius 3 is 2.54 bits per heavy atom. The van der Waals surface area contributed by atoms with E-state index in [4.69, 9.17) is 0 Å². The number of aryl methyl sites for hydroxylation is 1. The molecule has 2 fully saturated rings. The Balaban J connectivity index is 1.48. The zero-order valence-electron chi connectivity index (χ0n) is 16.0. The average Bonchev–Trinajstić information content (AvgIpc) is 2.64. The van der Waals surface area contributed by atoms with Gasteiger partial charge in [-0.15, -0.1) is 0 Å². The minimum atomic E-state index is 0.111. The normalized spacial score (nSPS) is 22.5. The number of hydrogen-bond donors (Lipinski definition) is 1. The number of nitrogens with zero attached hydrogens (tertiary/aromatic N) is 2. The van der Waals surface area contributed by atoms with Gasteiger partial charge in [0.15, 0.2) is 0 Å². The van der Waals surface area contributed by atoms with Gasteiger partial charge in [0.2, 0.25) is 11.8 Å². The maximum Gasteiger partial charge on any atom is 0.241 e. The summed E-state index contributed by atoms with van der Waals surface area (Å²) in [6, 6.07) is 8.69. The van der Waals surface area contributed by atoms with Gasteiger partial charge in [-0.25, -0.2) is 0 Å². The van der Waals surface area contributed by atoms with Gasteiger partial charge in [0, 0.05) is 37.3 Å². The van der Waals surface area contributed by atoms with Crippen molar-refractivity contribution in [3.63, 3.8) is 0 Å². The minimum absolute atomic E-state index is 0.111. The third-order valence-electron chi connectivity index (χ3n) is 5.65. The highest BCUT2D eigenvalue weighted by Gasteiger charge is 2.30. The Hall–Kier alpha value is -1.88. The quantitative estimate of drug-likeness (QED) is 0.882. The van der Waals surface area contributed by atoms with Crippen molar-refractivity contribution in [3.05, 3.63) is 29.8 Å². The highest BCUT2D eigenvalue weighted by Crippen LogP contribution is 2.21. The topological polar surface area (TPSA) is 52.6 Å².